The Morgan fingerprint density at radius 2 is 1.33 bits per heavy atom. The first-order valence-electron chi connectivity index (χ1n) is 14.5. The molecule has 2 bridgehead atoms. The van der Waals surface area contributed by atoms with Gasteiger partial charge < -0.3 is 14.8 Å². The molecule has 3 atom stereocenters. The smallest absolute Gasteiger partial charge is 0.337 e. The highest BCUT2D eigenvalue weighted by molar-refractivity contribution is 6.10. The molecule has 43 heavy (non-hydrogen) atoms. The van der Waals surface area contributed by atoms with Crippen molar-refractivity contribution in [2.45, 2.75) is 44.1 Å². The van der Waals surface area contributed by atoms with Gasteiger partial charge in [-0.3, -0.25) is 19.3 Å². The van der Waals surface area contributed by atoms with E-state index >= 15 is 0 Å². The summed E-state index contributed by atoms with van der Waals surface area (Å²) in [5.74, 6) is -4.35. The molecule has 9 heteroatoms. The van der Waals surface area contributed by atoms with Gasteiger partial charge in [0.25, 0.3) is 5.91 Å². The van der Waals surface area contributed by atoms with Crippen molar-refractivity contribution in [3.05, 3.63) is 101 Å². The maximum Gasteiger partial charge on any atom is 0.337 e. The van der Waals surface area contributed by atoms with E-state index in [0.29, 0.717) is 17.7 Å². The summed E-state index contributed by atoms with van der Waals surface area (Å²) in [6.45, 7) is 1.37. The lowest BCUT2D eigenvalue weighted by atomic mass is 9.55. The van der Waals surface area contributed by atoms with Crippen LogP contribution >= 0.6 is 0 Å². The SMILES string of the molecule is CCCC[C@@H](C(=O)OCC(=O)Nc1ccc(C(=O)OC)cc1)N1C(=O)[C@@H]2C3c4ccccc4C(c4ccccc43)[C@@H]2C1=O. The average molecular weight is 581 g/mol. The molecule has 0 saturated carbocycles. The second-order valence-electron chi connectivity index (χ2n) is 11.2. The zero-order valence-electron chi connectivity index (χ0n) is 23.9. The third kappa shape index (κ3) is 4.78. The highest BCUT2D eigenvalue weighted by atomic mass is 16.5. The Kier molecular flexibility index (Phi) is 7.56. The summed E-state index contributed by atoms with van der Waals surface area (Å²) in [6, 6.07) is 20.9. The molecule has 3 amide bonds. The fourth-order valence-electron chi connectivity index (χ4n) is 6.99. The number of amides is 3. The number of esters is 2. The molecule has 220 valence electrons. The molecule has 1 saturated heterocycles. The Labute approximate surface area is 249 Å². The normalized spacial score (nSPS) is 21.9. The van der Waals surface area contributed by atoms with Gasteiger partial charge >= 0.3 is 11.9 Å². The second kappa shape index (κ2) is 11.5. The average Bonchev–Trinajstić information content (AvgIpc) is 3.30. The minimum absolute atomic E-state index is 0.248. The third-order valence-electron chi connectivity index (χ3n) is 8.83. The summed E-state index contributed by atoms with van der Waals surface area (Å²) >= 11 is 0. The van der Waals surface area contributed by atoms with E-state index in [4.69, 9.17) is 4.74 Å². The zero-order chi connectivity index (χ0) is 30.2. The van der Waals surface area contributed by atoms with Crippen LogP contribution in [0.4, 0.5) is 5.69 Å². The van der Waals surface area contributed by atoms with E-state index in [1.54, 1.807) is 0 Å². The van der Waals surface area contributed by atoms with E-state index in [2.05, 4.69) is 10.1 Å². The maximum absolute atomic E-state index is 14.1. The van der Waals surface area contributed by atoms with Crippen molar-refractivity contribution in [2.75, 3.05) is 19.0 Å². The number of hydrogen-bond donors (Lipinski definition) is 1. The van der Waals surface area contributed by atoms with Crippen molar-refractivity contribution < 1.29 is 33.4 Å². The molecular weight excluding hydrogens is 548 g/mol. The summed E-state index contributed by atoms with van der Waals surface area (Å²) in [6.07, 6.45) is 1.59. The predicted octanol–water partition coefficient (Wildman–Crippen LogP) is 4.41. The van der Waals surface area contributed by atoms with E-state index in [9.17, 15) is 24.0 Å². The molecule has 0 unspecified atom stereocenters. The number of methoxy groups -OCH3 is 1. The Morgan fingerprint density at radius 1 is 0.814 bits per heavy atom. The quantitative estimate of drug-likeness (QED) is 0.294. The number of hydrogen-bond acceptors (Lipinski definition) is 7. The molecule has 3 aromatic carbocycles. The molecule has 3 aliphatic carbocycles. The standard InChI is InChI=1S/C34H32N2O7/c1-3-4-13-25(34(41)43-18-26(37)35-20-16-14-19(15-17-20)33(40)42-2)36-31(38)29-27-21-9-5-6-10-22(21)28(30(29)32(36)39)24-12-8-7-11-23(24)27/h5-12,14-17,25,27-30H,3-4,13,18H2,1-2H3,(H,35,37)/t25-,27?,28?,29-,30+/m0/s1. The van der Waals surface area contributed by atoms with Gasteiger partial charge in [0.05, 0.1) is 24.5 Å². The van der Waals surface area contributed by atoms with Crippen LogP contribution in [0.3, 0.4) is 0 Å². The molecule has 1 fully saturated rings. The fraction of sp³-hybridized carbons (Fsp3) is 0.324. The topological polar surface area (TPSA) is 119 Å². The first-order valence-corrected chi connectivity index (χ1v) is 14.5. The van der Waals surface area contributed by atoms with Gasteiger partial charge in [0.1, 0.15) is 6.04 Å². The second-order valence-corrected chi connectivity index (χ2v) is 11.2. The number of anilines is 1. The van der Waals surface area contributed by atoms with Gasteiger partial charge in [0.2, 0.25) is 11.8 Å². The number of carbonyl (C=O) groups is 5. The van der Waals surface area contributed by atoms with Gasteiger partial charge in [-0.15, -0.1) is 0 Å². The van der Waals surface area contributed by atoms with Crippen LogP contribution in [0.2, 0.25) is 0 Å². The number of benzene rings is 3. The summed E-state index contributed by atoms with van der Waals surface area (Å²) in [4.78, 5) is 67.1. The largest absolute Gasteiger partial charge is 0.465 e. The minimum Gasteiger partial charge on any atom is -0.465 e. The van der Waals surface area contributed by atoms with E-state index in [0.717, 1.165) is 33.6 Å². The van der Waals surface area contributed by atoms with Crippen molar-refractivity contribution in [1.29, 1.82) is 0 Å². The van der Waals surface area contributed by atoms with Crippen LogP contribution in [0.1, 0.15) is 70.6 Å². The Hall–Kier alpha value is -4.79. The summed E-state index contributed by atoms with van der Waals surface area (Å²) in [5.41, 5.74) is 4.95. The van der Waals surface area contributed by atoms with E-state index in [1.165, 1.54) is 31.4 Å². The summed E-state index contributed by atoms with van der Waals surface area (Å²) in [7, 11) is 1.28. The minimum atomic E-state index is -1.12. The van der Waals surface area contributed by atoms with Gasteiger partial charge in [-0.2, -0.15) is 0 Å². The molecule has 0 aromatic heterocycles. The van der Waals surface area contributed by atoms with Gasteiger partial charge in [0, 0.05) is 17.5 Å². The molecule has 3 aromatic rings. The lowest BCUT2D eigenvalue weighted by Gasteiger charge is -2.45. The van der Waals surface area contributed by atoms with Crippen molar-refractivity contribution >= 4 is 35.3 Å². The monoisotopic (exact) mass is 580 g/mol. The number of ether oxygens (including phenoxy) is 2. The van der Waals surface area contributed by atoms with Gasteiger partial charge in [0.15, 0.2) is 6.61 Å². The van der Waals surface area contributed by atoms with Crippen LogP contribution in [-0.4, -0.2) is 54.3 Å². The van der Waals surface area contributed by atoms with Gasteiger partial charge in [-0.1, -0.05) is 68.3 Å². The van der Waals surface area contributed by atoms with Crippen molar-refractivity contribution in [3.8, 4) is 0 Å². The zero-order valence-corrected chi connectivity index (χ0v) is 23.9. The Balaban J connectivity index is 1.21. The van der Waals surface area contributed by atoms with E-state index < -0.39 is 42.3 Å². The van der Waals surface area contributed by atoms with Crippen LogP contribution in [0.15, 0.2) is 72.8 Å². The van der Waals surface area contributed by atoms with Gasteiger partial charge in [-0.25, -0.2) is 9.59 Å². The number of nitrogens with zero attached hydrogens (tertiary/aromatic N) is 1. The van der Waals surface area contributed by atoms with Crippen LogP contribution < -0.4 is 5.32 Å². The van der Waals surface area contributed by atoms with E-state index in [-0.39, 0.29) is 30.1 Å². The van der Waals surface area contributed by atoms with Crippen molar-refractivity contribution in [1.82, 2.24) is 4.90 Å². The third-order valence-corrected chi connectivity index (χ3v) is 8.83. The first kappa shape index (κ1) is 28.3. The van der Waals surface area contributed by atoms with Crippen LogP contribution in [-0.2, 0) is 28.7 Å². The number of imide groups is 1. The number of unbranched alkanes of at least 4 members (excludes halogenated alkanes) is 1. The lowest BCUT2D eigenvalue weighted by Crippen LogP contribution is -2.47. The van der Waals surface area contributed by atoms with Crippen molar-refractivity contribution in [2.24, 2.45) is 11.8 Å². The number of likely N-dealkylation sites (tertiary alicyclic amines) is 1. The van der Waals surface area contributed by atoms with Gasteiger partial charge in [-0.05, 0) is 52.9 Å². The molecule has 9 nitrogen and oxygen atoms in total. The maximum atomic E-state index is 14.1. The molecule has 7 rings (SSSR count). The highest BCUT2D eigenvalue weighted by Gasteiger charge is 2.63. The van der Waals surface area contributed by atoms with Crippen molar-refractivity contribution in [3.63, 3.8) is 0 Å². The molecule has 1 N–H and O–H groups in total. The molecule has 0 spiro atoms. The Bertz CT molecular complexity index is 1500. The first-order chi connectivity index (χ1) is 20.8. The lowest BCUT2D eigenvalue weighted by molar-refractivity contribution is -0.160. The van der Waals surface area contributed by atoms with Crippen LogP contribution in [0, 0.1) is 11.8 Å². The number of nitrogens with one attached hydrogen (secondary N) is 1. The molecule has 1 heterocycles. The molecule has 0 radical (unpaired) electrons. The summed E-state index contributed by atoms with van der Waals surface area (Å²) < 4.78 is 10.1. The molecular formula is C34H32N2O7. The van der Waals surface area contributed by atoms with Crippen LogP contribution in [0.5, 0.6) is 0 Å². The molecule has 1 aliphatic heterocycles. The highest BCUT2D eigenvalue weighted by Crippen LogP contribution is 2.61. The fourth-order valence-corrected chi connectivity index (χ4v) is 6.99. The Morgan fingerprint density at radius 3 is 1.79 bits per heavy atom. The van der Waals surface area contributed by atoms with E-state index in [1.807, 2.05) is 55.5 Å². The molecule has 4 aliphatic rings. The predicted molar refractivity (Wildman–Crippen MR) is 156 cm³/mol. The number of carbonyl (C=O) groups excluding carboxylic acids is 5. The summed E-state index contributed by atoms with van der Waals surface area (Å²) in [5, 5.41) is 2.62. The number of rotatable bonds is 9. The van der Waals surface area contributed by atoms with Crippen LogP contribution in [0.25, 0.3) is 0 Å².